The van der Waals surface area contributed by atoms with Gasteiger partial charge in [0.2, 0.25) is 0 Å². The maximum absolute atomic E-state index is 11.4. The molecule has 16 heavy (non-hydrogen) atoms. The minimum absolute atomic E-state index is 0.567. The van der Waals surface area contributed by atoms with Crippen LogP contribution in [0, 0.1) is 5.41 Å². The number of rotatable bonds is 2. The zero-order chi connectivity index (χ0) is 13.1. The van der Waals surface area contributed by atoms with Gasteiger partial charge in [0.15, 0.2) is 0 Å². The molecule has 0 aliphatic rings. The summed E-state index contributed by atoms with van der Waals surface area (Å²) in [6.07, 6.45) is -0.713. The predicted octanol–water partition coefficient (Wildman–Crippen LogP) is 2.01. The molecule has 0 spiro atoms. The van der Waals surface area contributed by atoms with Crippen molar-refractivity contribution in [3.8, 4) is 0 Å². The second-order valence-electron chi connectivity index (χ2n) is 5.78. The summed E-state index contributed by atoms with van der Waals surface area (Å²) >= 11 is 0. The lowest BCUT2D eigenvalue weighted by Crippen LogP contribution is -2.50. The first-order valence-corrected chi connectivity index (χ1v) is 5.16. The Morgan fingerprint density at radius 3 is 1.94 bits per heavy atom. The van der Waals surface area contributed by atoms with E-state index in [4.69, 9.17) is 9.84 Å². The first-order valence-electron chi connectivity index (χ1n) is 5.16. The molecule has 0 aliphatic carbocycles. The molecule has 94 valence electrons. The fraction of sp³-hybridized carbons (Fsp3) is 0.818. The van der Waals surface area contributed by atoms with Crippen molar-refractivity contribution in [3.05, 3.63) is 0 Å². The van der Waals surface area contributed by atoms with Crippen LogP contribution in [0.3, 0.4) is 0 Å². The summed E-state index contributed by atoms with van der Waals surface area (Å²) in [5.41, 5.74) is -1.20. The maximum Gasteiger partial charge on any atom is 0.408 e. The third kappa shape index (κ3) is 5.58. The lowest BCUT2D eigenvalue weighted by Gasteiger charge is -2.29. The molecule has 0 radical (unpaired) electrons. The first-order chi connectivity index (χ1) is 6.93. The van der Waals surface area contributed by atoms with Crippen LogP contribution in [-0.2, 0) is 9.53 Å². The average molecular weight is 233 g/mol. The molecule has 0 unspecified atom stereocenters. The van der Waals surface area contributed by atoms with E-state index in [2.05, 4.69) is 5.32 Å². The highest BCUT2D eigenvalue weighted by Gasteiger charge is 2.33. The van der Waals surface area contributed by atoms with E-state index in [0.717, 1.165) is 0 Å². The number of carbonyl (C=O) groups is 2. The fourth-order valence-electron chi connectivity index (χ4n) is 1.07. The molecule has 0 rings (SSSR count). The smallest absolute Gasteiger partial charge is 0.408 e. The lowest BCUT2D eigenvalue weighted by molar-refractivity contribution is -0.142. The molecule has 0 saturated heterocycles. The zero-order valence-corrected chi connectivity index (χ0v) is 10.7. The lowest BCUT2D eigenvalue weighted by atomic mass is 9.93. The zero-order valence-electron chi connectivity index (χ0n) is 10.7. The summed E-state index contributed by atoms with van der Waals surface area (Å²) in [6, 6.07) is -0.970. The second-order valence-corrected chi connectivity index (χ2v) is 5.78. The molecule has 0 aliphatic heterocycles. The van der Waals surface area contributed by atoms with Crippen LogP contribution in [0.15, 0.2) is 0 Å². The molecular weight excluding hydrogens is 212 g/mol. The van der Waals surface area contributed by atoms with Crippen molar-refractivity contribution in [2.45, 2.75) is 53.2 Å². The summed E-state index contributed by atoms with van der Waals surface area (Å²) in [5, 5.41) is 11.3. The molecule has 0 aromatic carbocycles. The molecule has 1 amide bonds. The van der Waals surface area contributed by atoms with Crippen LogP contribution in [0.25, 0.3) is 0 Å². The molecule has 0 aromatic heterocycles. The molecule has 0 heterocycles. The number of carboxylic acid groups (broad SMARTS) is 1. The van der Waals surface area contributed by atoms with Crippen molar-refractivity contribution < 1.29 is 19.4 Å². The van der Waals surface area contributed by atoms with Gasteiger partial charge in [0.05, 0.1) is 0 Å². The van der Waals surface area contributed by atoms with Gasteiger partial charge in [-0.25, -0.2) is 9.59 Å². The van der Waals surface area contributed by atoms with Crippen LogP contribution in [0.5, 0.6) is 0 Å². The van der Waals surface area contributed by atoms with Crippen molar-refractivity contribution in [1.29, 1.82) is 0 Å². The molecule has 0 aromatic rings. The van der Waals surface area contributed by atoms with Crippen LogP contribution >= 0.6 is 0 Å². The maximum atomic E-state index is 11.4. The largest absolute Gasteiger partial charge is 0.480 e. The van der Waals surface area contributed by atoms with E-state index in [1.807, 2.05) is 0 Å². The van der Waals surface area contributed by atoms with Gasteiger partial charge in [0, 0.05) is 0 Å². The highest BCUT2D eigenvalue weighted by molar-refractivity contribution is 5.80. The summed E-state index contributed by atoms with van der Waals surface area (Å²) in [6.45, 7) is 10.4. The number of carbonyl (C=O) groups excluding carboxylic acids is 1. The Morgan fingerprint density at radius 1 is 1.25 bits per heavy atom. The topological polar surface area (TPSA) is 75.6 Å². The Kier molecular flexibility index (Phi) is 4.35. The van der Waals surface area contributed by atoms with E-state index in [0.29, 0.717) is 0 Å². The highest BCUT2D eigenvalue weighted by Crippen LogP contribution is 2.20. The van der Waals surface area contributed by atoms with Gasteiger partial charge in [0.25, 0.3) is 0 Å². The monoisotopic (exact) mass is 233 g/mol. The van der Waals surface area contributed by atoms with Gasteiger partial charge in [-0.2, -0.15) is 0 Å². The average Bonchev–Trinajstić information content (AvgIpc) is 1.93. The Morgan fingerprint density at radius 2 is 1.69 bits per heavy atom. The Labute approximate surface area is 96.2 Å². The Hall–Kier alpha value is -1.26. The fourth-order valence-corrected chi connectivity index (χ4v) is 1.07. The van der Waals surface area contributed by atoms with Crippen LogP contribution < -0.4 is 5.32 Å². The number of hydrogen-bond acceptors (Lipinski definition) is 3. The number of amides is 1. The highest BCUT2D eigenvalue weighted by atomic mass is 16.6. The van der Waals surface area contributed by atoms with Gasteiger partial charge >= 0.3 is 12.1 Å². The predicted molar refractivity (Wildman–Crippen MR) is 60.2 cm³/mol. The summed E-state index contributed by atoms with van der Waals surface area (Å²) in [5.74, 6) is -1.07. The van der Waals surface area contributed by atoms with E-state index >= 15 is 0 Å². The van der Waals surface area contributed by atoms with Crippen molar-refractivity contribution in [2.75, 3.05) is 0 Å². The second kappa shape index (κ2) is 4.72. The van der Waals surface area contributed by atoms with E-state index < -0.39 is 29.1 Å². The van der Waals surface area contributed by atoms with Crippen LogP contribution in [0.2, 0.25) is 0 Å². The van der Waals surface area contributed by atoms with Gasteiger partial charge in [-0.3, -0.25) is 0 Å². The van der Waals surface area contributed by atoms with Gasteiger partial charge in [0.1, 0.15) is 11.6 Å². The van der Waals surface area contributed by atoms with E-state index in [9.17, 15) is 9.59 Å². The Balaban J connectivity index is 4.56. The number of hydrogen-bond donors (Lipinski definition) is 2. The number of alkyl carbamates (subject to hydrolysis) is 1. The van der Waals surface area contributed by atoms with Crippen LogP contribution in [0.1, 0.15) is 41.5 Å². The summed E-state index contributed by atoms with van der Waals surface area (Å²) in [7, 11) is 0. The van der Waals surface area contributed by atoms with Crippen molar-refractivity contribution in [2.24, 2.45) is 5.41 Å². The molecule has 1 atom stereocenters. The molecule has 0 bridgehead atoms. The van der Waals surface area contributed by atoms with E-state index in [1.54, 1.807) is 41.5 Å². The SMILES string of the molecule is CC(C)(C)OC(=O)N[C@H]([14C](=O)O)C(C)(C)C. The number of aliphatic carboxylic acids is 1. The van der Waals surface area contributed by atoms with E-state index in [1.165, 1.54) is 0 Å². The van der Waals surface area contributed by atoms with Crippen LogP contribution in [-0.4, -0.2) is 28.8 Å². The van der Waals surface area contributed by atoms with Gasteiger partial charge in [-0.05, 0) is 26.2 Å². The standard InChI is InChI=1S/C11H21NO4/c1-10(2,3)7(8(13)14)12-9(15)16-11(4,5)6/h7H,1-6H3,(H,12,15)(H,13,14)/t7-/m1/s1/i8+2. The van der Waals surface area contributed by atoms with Crippen molar-refractivity contribution >= 4 is 12.1 Å². The normalized spacial score (nSPS) is 14.1. The number of ether oxygens (including phenoxy) is 1. The van der Waals surface area contributed by atoms with E-state index in [-0.39, 0.29) is 0 Å². The Bertz CT molecular complexity index is 273. The third-order valence-corrected chi connectivity index (χ3v) is 1.77. The quantitative estimate of drug-likeness (QED) is 0.765. The molecule has 0 saturated carbocycles. The van der Waals surface area contributed by atoms with Crippen molar-refractivity contribution in [1.82, 2.24) is 5.32 Å². The van der Waals surface area contributed by atoms with Gasteiger partial charge in [-0.15, -0.1) is 0 Å². The van der Waals surface area contributed by atoms with Crippen molar-refractivity contribution in [3.63, 3.8) is 0 Å². The minimum Gasteiger partial charge on any atom is -0.480 e. The van der Waals surface area contributed by atoms with Gasteiger partial charge in [-0.1, -0.05) is 20.8 Å². The molecule has 5 nitrogen and oxygen atoms in total. The summed E-state index contributed by atoms with van der Waals surface area (Å²) in [4.78, 5) is 22.4. The third-order valence-electron chi connectivity index (χ3n) is 1.77. The minimum atomic E-state index is -1.07. The number of nitrogens with one attached hydrogen (secondary N) is 1. The molecule has 0 fully saturated rings. The molecule has 5 heteroatoms. The molecular formula is C11H21NO4. The first kappa shape index (κ1) is 14.7. The number of carboxylic acids is 1. The summed E-state index contributed by atoms with van der Waals surface area (Å²) < 4.78 is 5.00. The van der Waals surface area contributed by atoms with Gasteiger partial charge < -0.3 is 15.2 Å². The van der Waals surface area contributed by atoms with Crippen LogP contribution in [0.4, 0.5) is 4.79 Å². The molecule has 2 N–H and O–H groups in total.